The van der Waals surface area contributed by atoms with Crippen LogP contribution in [0.1, 0.15) is 17.5 Å². The van der Waals surface area contributed by atoms with Gasteiger partial charge in [-0.05, 0) is 34.4 Å². The summed E-state index contributed by atoms with van der Waals surface area (Å²) in [6, 6.07) is 23.0. The van der Waals surface area contributed by atoms with Crippen LogP contribution in [0.4, 0.5) is 11.5 Å². The number of nitrogen functional groups attached to an aromatic ring is 1. The quantitative estimate of drug-likeness (QED) is 0.279. The van der Waals surface area contributed by atoms with Crippen molar-refractivity contribution in [2.45, 2.75) is 13.0 Å². The molecule has 1 amide bonds. The predicted octanol–water partition coefficient (Wildman–Crippen LogP) is 3.40. The average Bonchev–Trinajstić information content (AvgIpc) is 2.89. The number of aromatic amines is 1. The molecule has 3 aromatic carbocycles. The van der Waals surface area contributed by atoms with Crippen LogP contribution in [0.3, 0.4) is 0 Å². The van der Waals surface area contributed by atoms with Crippen molar-refractivity contribution < 1.29 is 9.53 Å². The fraction of sp³-hybridized carbons (Fsp3) is 0.179. The zero-order valence-corrected chi connectivity index (χ0v) is 20.0. The van der Waals surface area contributed by atoms with Crippen molar-refractivity contribution in [1.82, 2.24) is 9.55 Å². The summed E-state index contributed by atoms with van der Waals surface area (Å²) < 4.78 is 6.40. The number of nitrogens with zero attached hydrogens (tertiary/aromatic N) is 2. The van der Waals surface area contributed by atoms with Gasteiger partial charge in [-0.1, -0.05) is 72.8 Å². The average molecular weight is 485 g/mol. The van der Waals surface area contributed by atoms with E-state index in [1.54, 1.807) is 13.2 Å². The highest BCUT2D eigenvalue weighted by Gasteiger charge is 2.23. The number of nitrogens with one attached hydrogen (secondary N) is 1. The Morgan fingerprint density at radius 2 is 1.75 bits per heavy atom. The van der Waals surface area contributed by atoms with Crippen LogP contribution in [0.15, 0.2) is 88.5 Å². The van der Waals surface area contributed by atoms with E-state index in [2.05, 4.69) is 4.98 Å². The maximum absolute atomic E-state index is 13.4. The van der Waals surface area contributed by atoms with Gasteiger partial charge >= 0.3 is 5.69 Å². The first-order valence-electron chi connectivity index (χ1n) is 11.6. The number of carbonyl (C=O) groups excluding carboxylic acids is 1. The maximum Gasteiger partial charge on any atom is 0.330 e. The van der Waals surface area contributed by atoms with E-state index in [-0.39, 0.29) is 24.6 Å². The monoisotopic (exact) mass is 484 g/mol. The van der Waals surface area contributed by atoms with Crippen LogP contribution in [0.2, 0.25) is 0 Å². The molecule has 0 atom stereocenters. The first-order chi connectivity index (χ1) is 17.5. The Morgan fingerprint density at radius 1 is 1.03 bits per heavy atom. The minimum atomic E-state index is -0.717. The molecule has 0 unspecified atom stereocenters. The highest BCUT2D eigenvalue weighted by Crippen LogP contribution is 2.22. The molecule has 4 aromatic rings. The van der Waals surface area contributed by atoms with E-state index in [1.807, 2.05) is 72.8 Å². The van der Waals surface area contributed by atoms with Gasteiger partial charge in [-0.3, -0.25) is 19.1 Å². The van der Waals surface area contributed by atoms with Crippen molar-refractivity contribution in [2.75, 3.05) is 30.9 Å². The molecule has 3 N–H and O–H groups in total. The number of fused-ring (bicyclic) bond motifs is 1. The number of nitrogens with two attached hydrogens (primary N) is 1. The molecule has 0 bridgehead atoms. The number of rotatable bonds is 9. The topological polar surface area (TPSA) is 110 Å². The van der Waals surface area contributed by atoms with Gasteiger partial charge in [0, 0.05) is 26.3 Å². The summed E-state index contributed by atoms with van der Waals surface area (Å²) >= 11 is 0. The van der Waals surface area contributed by atoms with Crippen molar-refractivity contribution in [1.29, 1.82) is 0 Å². The summed E-state index contributed by atoms with van der Waals surface area (Å²) in [5, 5.41) is 2.06. The van der Waals surface area contributed by atoms with E-state index in [0.717, 1.165) is 21.9 Å². The molecule has 184 valence electrons. The number of hydrogen-bond acceptors (Lipinski definition) is 5. The van der Waals surface area contributed by atoms with Gasteiger partial charge in [0.15, 0.2) is 5.69 Å². The largest absolute Gasteiger partial charge is 0.385 e. The van der Waals surface area contributed by atoms with Crippen LogP contribution >= 0.6 is 0 Å². The normalized spacial score (nSPS) is 11.2. The summed E-state index contributed by atoms with van der Waals surface area (Å²) in [6.07, 6.45) is 3.61. The van der Waals surface area contributed by atoms with Gasteiger partial charge in [-0.25, -0.2) is 4.79 Å². The fourth-order valence-corrected chi connectivity index (χ4v) is 4.11. The van der Waals surface area contributed by atoms with E-state index in [0.29, 0.717) is 13.0 Å². The van der Waals surface area contributed by atoms with Gasteiger partial charge in [-0.2, -0.15) is 0 Å². The SMILES string of the molecule is COCCCN(C(=O)/C=C/c1cccc2ccccc12)c1c(N)n(Cc2ccccc2)c(=O)[nH]c1=O. The second kappa shape index (κ2) is 11.3. The number of carbonyl (C=O) groups is 1. The van der Waals surface area contributed by atoms with E-state index in [9.17, 15) is 14.4 Å². The predicted molar refractivity (Wildman–Crippen MR) is 143 cm³/mol. The summed E-state index contributed by atoms with van der Waals surface area (Å²) in [4.78, 5) is 42.5. The van der Waals surface area contributed by atoms with Crippen molar-refractivity contribution >= 4 is 34.3 Å². The molecular weight excluding hydrogens is 456 g/mol. The number of anilines is 2. The van der Waals surface area contributed by atoms with Crippen molar-refractivity contribution in [3.05, 3.63) is 111 Å². The molecule has 8 nitrogen and oxygen atoms in total. The van der Waals surface area contributed by atoms with Crippen LogP contribution in [-0.4, -0.2) is 35.7 Å². The molecular formula is C28H28N4O4. The summed E-state index contributed by atoms with van der Waals surface area (Å²) in [7, 11) is 1.56. The first kappa shape index (κ1) is 24.7. The number of ether oxygens (including phenoxy) is 1. The summed E-state index contributed by atoms with van der Waals surface area (Å²) in [6.45, 7) is 0.725. The highest BCUT2D eigenvalue weighted by molar-refractivity contribution is 6.06. The lowest BCUT2D eigenvalue weighted by Gasteiger charge is -2.23. The number of benzene rings is 3. The summed E-state index contributed by atoms with van der Waals surface area (Å²) in [5.74, 6) is -0.502. The minimum Gasteiger partial charge on any atom is -0.385 e. The number of hydrogen-bond donors (Lipinski definition) is 2. The molecule has 8 heteroatoms. The second-order valence-corrected chi connectivity index (χ2v) is 8.30. The van der Waals surface area contributed by atoms with Crippen LogP contribution in [0, 0.1) is 0 Å². The molecule has 4 rings (SSSR count). The third-order valence-electron chi connectivity index (χ3n) is 5.89. The third kappa shape index (κ3) is 5.45. The lowest BCUT2D eigenvalue weighted by Crippen LogP contribution is -2.41. The molecule has 0 saturated carbocycles. The van der Waals surface area contributed by atoms with Crippen LogP contribution in [0.5, 0.6) is 0 Å². The van der Waals surface area contributed by atoms with Crippen LogP contribution < -0.4 is 21.9 Å². The van der Waals surface area contributed by atoms with Gasteiger partial charge < -0.3 is 15.4 Å². The molecule has 0 spiro atoms. The van der Waals surface area contributed by atoms with Crippen molar-refractivity contribution in [3.63, 3.8) is 0 Å². The first-order valence-corrected chi connectivity index (χ1v) is 11.6. The van der Waals surface area contributed by atoms with Crippen molar-refractivity contribution in [3.8, 4) is 0 Å². The van der Waals surface area contributed by atoms with E-state index >= 15 is 0 Å². The van der Waals surface area contributed by atoms with Crippen molar-refractivity contribution in [2.24, 2.45) is 0 Å². The molecule has 0 aliphatic heterocycles. The third-order valence-corrected chi connectivity index (χ3v) is 5.89. The van der Waals surface area contributed by atoms with E-state index in [4.69, 9.17) is 10.5 Å². The number of H-pyrrole nitrogens is 1. The fourth-order valence-electron chi connectivity index (χ4n) is 4.11. The van der Waals surface area contributed by atoms with Gasteiger partial charge in [0.2, 0.25) is 0 Å². The van der Waals surface area contributed by atoms with Crippen LogP contribution in [0.25, 0.3) is 16.8 Å². The smallest absolute Gasteiger partial charge is 0.330 e. The Bertz CT molecular complexity index is 1500. The van der Waals surface area contributed by atoms with E-state index < -0.39 is 17.2 Å². The molecule has 36 heavy (non-hydrogen) atoms. The standard InChI is InChI=1S/C28H28N4O4/c1-36-18-8-17-31(24(33)16-15-22-13-7-12-21-11-5-6-14-23(21)22)25-26(29)32(28(35)30-27(25)34)19-20-9-3-2-4-10-20/h2-7,9-16H,8,17-19,29H2,1H3,(H,30,34,35)/b16-15+. The molecule has 1 aromatic heterocycles. The van der Waals surface area contributed by atoms with Gasteiger partial charge in [0.25, 0.3) is 11.5 Å². The Labute approximate surface area is 208 Å². The van der Waals surface area contributed by atoms with E-state index in [1.165, 1.54) is 15.5 Å². The number of amides is 1. The lowest BCUT2D eigenvalue weighted by atomic mass is 10.0. The van der Waals surface area contributed by atoms with Crippen LogP contribution in [-0.2, 0) is 16.1 Å². The zero-order chi connectivity index (χ0) is 25.5. The van der Waals surface area contributed by atoms with Gasteiger partial charge in [-0.15, -0.1) is 0 Å². The molecule has 0 aliphatic rings. The Balaban J connectivity index is 1.73. The number of aromatic nitrogens is 2. The highest BCUT2D eigenvalue weighted by atomic mass is 16.5. The Kier molecular flexibility index (Phi) is 7.77. The molecule has 1 heterocycles. The minimum absolute atomic E-state index is 0.0609. The number of methoxy groups -OCH3 is 1. The van der Waals surface area contributed by atoms with Gasteiger partial charge in [0.1, 0.15) is 5.82 Å². The lowest BCUT2D eigenvalue weighted by molar-refractivity contribution is -0.114. The molecule has 0 aliphatic carbocycles. The Hall–Kier alpha value is -4.43. The molecule has 0 radical (unpaired) electrons. The zero-order valence-electron chi connectivity index (χ0n) is 20.0. The maximum atomic E-state index is 13.4. The van der Waals surface area contributed by atoms with Gasteiger partial charge in [0.05, 0.1) is 6.54 Å². The summed E-state index contributed by atoms with van der Waals surface area (Å²) in [5.41, 5.74) is 6.64. The molecule has 0 fully saturated rings. The second-order valence-electron chi connectivity index (χ2n) is 8.30. The Morgan fingerprint density at radius 3 is 2.53 bits per heavy atom. The molecule has 0 saturated heterocycles.